The molecular weight excluding hydrogens is 266 g/mol. The Hall–Kier alpha value is -1.59. The summed E-state index contributed by atoms with van der Waals surface area (Å²) in [7, 11) is 0. The number of hydrogen-bond acceptors (Lipinski definition) is 3. The molecule has 1 aromatic rings. The summed E-state index contributed by atoms with van der Waals surface area (Å²) >= 11 is 0. The van der Waals surface area contributed by atoms with Crippen LogP contribution in [0.2, 0.25) is 0 Å². The highest BCUT2D eigenvalue weighted by molar-refractivity contribution is 5.94. The molecule has 6 heteroatoms. The SMILES string of the molecule is Cc1cccc(N(CCC(N)=O)C(=O)CCN)c1.Cl. The quantitative estimate of drug-likeness (QED) is 0.816. The molecule has 1 rings (SSSR count). The molecule has 19 heavy (non-hydrogen) atoms. The van der Waals surface area contributed by atoms with Gasteiger partial charge >= 0.3 is 0 Å². The fourth-order valence-electron chi connectivity index (χ4n) is 1.67. The van der Waals surface area contributed by atoms with Crippen LogP contribution in [0.25, 0.3) is 0 Å². The van der Waals surface area contributed by atoms with E-state index >= 15 is 0 Å². The van der Waals surface area contributed by atoms with Gasteiger partial charge in [-0.2, -0.15) is 0 Å². The first-order valence-corrected chi connectivity index (χ1v) is 5.90. The number of carbonyl (C=O) groups excluding carboxylic acids is 2. The van der Waals surface area contributed by atoms with E-state index in [2.05, 4.69) is 0 Å². The summed E-state index contributed by atoms with van der Waals surface area (Å²) in [5.41, 5.74) is 12.3. The highest BCUT2D eigenvalue weighted by atomic mass is 35.5. The standard InChI is InChI=1S/C13H19N3O2.ClH/c1-10-3-2-4-11(9-10)16(8-6-12(15)17)13(18)5-7-14;/h2-4,9H,5-8,14H2,1H3,(H2,15,17);1H. The molecule has 0 heterocycles. The fraction of sp³-hybridized carbons (Fsp3) is 0.385. The third-order valence-electron chi connectivity index (χ3n) is 2.55. The Balaban J connectivity index is 0.00000324. The van der Waals surface area contributed by atoms with Crippen LogP contribution < -0.4 is 16.4 Å². The number of carbonyl (C=O) groups is 2. The van der Waals surface area contributed by atoms with Crippen molar-refractivity contribution in [3.05, 3.63) is 29.8 Å². The lowest BCUT2D eigenvalue weighted by Crippen LogP contribution is -2.35. The van der Waals surface area contributed by atoms with E-state index in [9.17, 15) is 9.59 Å². The molecule has 0 fully saturated rings. The maximum atomic E-state index is 12.0. The molecule has 0 bridgehead atoms. The van der Waals surface area contributed by atoms with Gasteiger partial charge in [-0.25, -0.2) is 0 Å². The van der Waals surface area contributed by atoms with E-state index in [0.717, 1.165) is 11.3 Å². The molecular formula is C13H20ClN3O2. The average Bonchev–Trinajstić information content (AvgIpc) is 2.29. The number of primary amides is 1. The second-order valence-corrected chi connectivity index (χ2v) is 4.14. The lowest BCUT2D eigenvalue weighted by Gasteiger charge is -2.22. The Morgan fingerprint density at radius 3 is 2.47 bits per heavy atom. The molecule has 0 unspecified atom stereocenters. The number of nitrogens with zero attached hydrogens (tertiary/aromatic N) is 1. The molecule has 0 atom stereocenters. The number of nitrogens with two attached hydrogens (primary N) is 2. The van der Waals surface area contributed by atoms with Gasteiger partial charge in [0.05, 0.1) is 0 Å². The zero-order valence-corrected chi connectivity index (χ0v) is 11.8. The minimum atomic E-state index is -0.423. The molecule has 0 radical (unpaired) electrons. The lowest BCUT2D eigenvalue weighted by molar-refractivity contribution is -0.119. The molecule has 0 aliphatic carbocycles. The van der Waals surface area contributed by atoms with Crippen molar-refractivity contribution >= 4 is 29.9 Å². The number of benzene rings is 1. The zero-order valence-electron chi connectivity index (χ0n) is 11.0. The molecule has 0 spiro atoms. The van der Waals surface area contributed by atoms with E-state index in [1.807, 2.05) is 31.2 Å². The summed E-state index contributed by atoms with van der Waals surface area (Å²) in [5.74, 6) is -0.516. The van der Waals surface area contributed by atoms with Crippen LogP contribution in [0, 0.1) is 6.92 Å². The summed E-state index contributed by atoms with van der Waals surface area (Å²) in [6, 6.07) is 7.55. The topological polar surface area (TPSA) is 89.4 Å². The molecule has 2 amide bonds. The third kappa shape index (κ3) is 5.72. The second-order valence-electron chi connectivity index (χ2n) is 4.14. The van der Waals surface area contributed by atoms with Crippen LogP contribution in [0.5, 0.6) is 0 Å². The van der Waals surface area contributed by atoms with Gasteiger partial charge in [0.15, 0.2) is 0 Å². The monoisotopic (exact) mass is 285 g/mol. The average molecular weight is 286 g/mol. The van der Waals surface area contributed by atoms with E-state index in [-0.39, 0.29) is 44.2 Å². The van der Waals surface area contributed by atoms with Crippen molar-refractivity contribution in [2.24, 2.45) is 11.5 Å². The Kier molecular flexibility index (Phi) is 7.79. The summed E-state index contributed by atoms with van der Waals surface area (Å²) in [4.78, 5) is 24.4. The molecule has 0 aliphatic rings. The van der Waals surface area contributed by atoms with Crippen molar-refractivity contribution in [3.8, 4) is 0 Å². The first kappa shape index (κ1) is 17.4. The maximum Gasteiger partial charge on any atom is 0.228 e. The maximum absolute atomic E-state index is 12.0. The Morgan fingerprint density at radius 1 is 1.26 bits per heavy atom. The van der Waals surface area contributed by atoms with Gasteiger partial charge in [0.25, 0.3) is 0 Å². The van der Waals surface area contributed by atoms with Gasteiger partial charge in [-0.3, -0.25) is 9.59 Å². The molecule has 0 aliphatic heterocycles. The van der Waals surface area contributed by atoms with Gasteiger partial charge < -0.3 is 16.4 Å². The van der Waals surface area contributed by atoms with Crippen molar-refractivity contribution in [1.82, 2.24) is 0 Å². The number of aryl methyl sites for hydroxylation is 1. The van der Waals surface area contributed by atoms with Gasteiger partial charge in [-0.05, 0) is 24.6 Å². The van der Waals surface area contributed by atoms with Crippen molar-refractivity contribution in [3.63, 3.8) is 0 Å². The van der Waals surface area contributed by atoms with Crippen molar-refractivity contribution in [1.29, 1.82) is 0 Å². The Morgan fingerprint density at radius 2 is 1.95 bits per heavy atom. The van der Waals surface area contributed by atoms with Crippen LogP contribution in [-0.2, 0) is 9.59 Å². The normalized spacial score (nSPS) is 9.58. The largest absolute Gasteiger partial charge is 0.370 e. The van der Waals surface area contributed by atoms with Crippen LogP contribution in [-0.4, -0.2) is 24.9 Å². The second kappa shape index (κ2) is 8.50. The molecule has 5 nitrogen and oxygen atoms in total. The number of halogens is 1. The van der Waals surface area contributed by atoms with E-state index in [0.29, 0.717) is 0 Å². The predicted molar refractivity (Wildman–Crippen MR) is 78.3 cm³/mol. The van der Waals surface area contributed by atoms with Crippen LogP contribution in [0.15, 0.2) is 24.3 Å². The Labute approximate surface area is 119 Å². The van der Waals surface area contributed by atoms with E-state index in [4.69, 9.17) is 11.5 Å². The molecule has 0 aromatic heterocycles. The smallest absolute Gasteiger partial charge is 0.228 e. The fourth-order valence-corrected chi connectivity index (χ4v) is 1.67. The van der Waals surface area contributed by atoms with Gasteiger partial charge in [0.2, 0.25) is 11.8 Å². The highest BCUT2D eigenvalue weighted by Gasteiger charge is 2.15. The van der Waals surface area contributed by atoms with E-state index in [1.54, 1.807) is 4.90 Å². The summed E-state index contributed by atoms with van der Waals surface area (Å²) in [5, 5.41) is 0. The van der Waals surface area contributed by atoms with Crippen LogP contribution in [0.3, 0.4) is 0 Å². The van der Waals surface area contributed by atoms with Crippen LogP contribution >= 0.6 is 12.4 Å². The van der Waals surface area contributed by atoms with Gasteiger partial charge in [-0.15, -0.1) is 12.4 Å². The van der Waals surface area contributed by atoms with Crippen LogP contribution in [0.4, 0.5) is 5.69 Å². The van der Waals surface area contributed by atoms with Crippen molar-refractivity contribution in [2.75, 3.05) is 18.0 Å². The van der Waals surface area contributed by atoms with Crippen LogP contribution in [0.1, 0.15) is 18.4 Å². The number of hydrogen-bond donors (Lipinski definition) is 2. The van der Waals surface area contributed by atoms with E-state index in [1.165, 1.54) is 0 Å². The molecule has 0 saturated heterocycles. The molecule has 0 saturated carbocycles. The summed E-state index contributed by atoms with van der Waals surface area (Å²) in [6.45, 7) is 2.53. The molecule has 4 N–H and O–H groups in total. The lowest BCUT2D eigenvalue weighted by atomic mass is 10.2. The van der Waals surface area contributed by atoms with E-state index < -0.39 is 5.91 Å². The molecule has 1 aromatic carbocycles. The number of amides is 2. The Bertz CT molecular complexity index is 438. The van der Waals surface area contributed by atoms with Gasteiger partial charge in [0.1, 0.15) is 0 Å². The van der Waals surface area contributed by atoms with Gasteiger partial charge in [-0.1, -0.05) is 12.1 Å². The van der Waals surface area contributed by atoms with Crippen molar-refractivity contribution < 1.29 is 9.59 Å². The highest BCUT2D eigenvalue weighted by Crippen LogP contribution is 2.17. The van der Waals surface area contributed by atoms with Crippen molar-refractivity contribution in [2.45, 2.75) is 19.8 Å². The summed E-state index contributed by atoms with van der Waals surface area (Å²) in [6.07, 6.45) is 0.400. The predicted octanol–water partition coefficient (Wildman–Crippen LogP) is 0.974. The first-order valence-electron chi connectivity index (χ1n) is 5.90. The number of rotatable bonds is 6. The third-order valence-corrected chi connectivity index (χ3v) is 2.55. The minimum absolute atomic E-state index is 0. The molecule has 106 valence electrons. The zero-order chi connectivity index (χ0) is 13.5. The summed E-state index contributed by atoms with van der Waals surface area (Å²) < 4.78 is 0. The first-order chi connectivity index (χ1) is 8.54. The number of anilines is 1. The minimum Gasteiger partial charge on any atom is -0.370 e. The van der Waals surface area contributed by atoms with Gasteiger partial charge in [0, 0.05) is 31.6 Å².